The van der Waals surface area contributed by atoms with Crippen LogP contribution in [0.25, 0.3) is 11.2 Å². The average Bonchev–Trinajstić information content (AvgIpc) is 2.75. The number of hydrogen-bond acceptors (Lipinski definition) is 6. The van der Waals surface area contributed by atoms with Gasteiger partial charge in [-0.05, 0) is 11.6 Å². The summed E-state index contributed by atoms with van der Waals surface area (Å²) in [5, 5.41) is 0.129. The summed E-state index contributed by atoms with van der Waals surface area (Å²) < 4.78 is 7.01. The molecule has 0 amide bonds. The van der Waals surface area contributed by atoms with Crippen LogP contribution >= 0.6 is 11.6 Å². The van der Waals surface area contributed by atoms with Crippen LogP contribution in [-0.2, 0) is 11.8 Å². The Kier molecular flexibility index (Phi) is 3.08. The fraction of sp³-hybridized carbons (Fsp3) is 0.455. The SMILES string of the molecule is Cn1c(C=O)nc2nc(Cl)nc(N3CCOCC3)c21. The van der Waals surface area contributed by atoms with Crippen molar-refractivity contribution in [3.05, 3.63) is 11.1 Å². The Bertz CT molecular complexity index is 636. The van der Waals surface area contributed by atoms with Crippen molar-refractivity contribution < 1.29 is 9.53 Å². The Morgan fingerprint density at radius 2 is 2.00 bits per heavy atom. The Labute approximate surface area is 114 Å². The van der Waals surface area contributed by atoms with E-state index >= 15 is 0 Å². The van der Waals surface area contributed by atoms with Gasteiger partial charge in [0.1, 0.15) is 5.52 Å². The number of aromatic nitrogens is 4. The zero-order valence-electron chi connectivity index (χ0n) is 10.3. The number of ether oxygens (including phenoxy) is 1. The van der Waals surface area contributed by atoms with Crippen LogP contribution in [0.5, 0.6) is 0 Å². The van der Waals surface area contributed by atoms with Crippen molar-refractivity contribution in [3.8, 4) is 0 Å². The Balaban J connectivity index is 2.21. The van der Waals surface area contributed by atoms with E-state index in [1.807, 2.05) is 0 Å². The first-order chi connectivity index (χ1) is 9.20. The number of carbonyl (C=O) groups excluding carboxylic acids is 1. The maximum absolute atomic E-state index is 11.0. The average molecular weight is 282 g/mol. The van der Waals surface area contributed by atoms with Crippen LogP contribution in [0.15, 0.2) is 0 Å². The number of aryl methyl sites for hydroxylation is 1. The highest BCUT2D eigenvalue weighted by Gasteiger charge is 2.21. The summed E-state index contributed by atoms with van der Waals surface area (Å²) in [6, 6.07) is 0. The molecule has 1 aliphatic rings. The molecule has 0 saturated carbocycles. The van der Waals surface area contributed by atoms with Crippen LogP contribution in [0.1, 0.15) is 10.6 Å². The lowest BCUT2D eigenvalue weighted by atomic mass is 10.3. The molecule has 0 aliphatic carbocycles. The van der Waals surface area contributed by atoms with Gasteiger partial charge in [0.2, 0.25) is 5.28 Å². The van der Waals surface area contributed by atoms with Crippen LogP contribution < -0.4 is 4.90 Å². The topological polar surface area (TPSA) is 73.1 Å². The maximum Gasteiger partial charge on any atom is 0.226 e. The molecule has 0 atom stereocenters. The van der Waals surface area contributed by atoms with E-state index in [1.165, 1.54) is 0 Å². The summed E-state index contributed by atoms with van der Waals surface area (Å²) >= 11 is 5.93. The second-order valence-electron chi connectivity index (χ2n) is 4.23. The molecule has 8 heteroatoms. The van der Waals surface area contributed by atoms with Crippen molar-refractivity contribution in [1.82, 2.24) is 19.5 Å². The van der Waals surface area contributed by atoms with Gasteiger partial charge in [-0.2, -0.15) is 9.97 Å². The molecular weight excluding hydrogens is 270 g/mol. The van der Waals surface area contributed by atoms with E-state index in [-0.39, 0.29) is 5.28 Å². The molecule has 0 N–H and O–H groups in total. The normalized spacial score (nSPS) is 16.0. The summed E-state index contributed by atoms with van der Waals surface area (Å²) in [7, 11) is 1.76. The Hall–Kier alpha value is -1.73. The summed E-state index contributed by atoms with van der Waals surface area (Å²) in [5.74, 6) is 1.00. The van der Waals surface area contributed by atoms with Gasteiger partial charge in [0.15, 0.2) is 23.6 Å². The van der Waals surface area contributed by atoms with Crippen LogP contribution in [-0.4, -0.2) is 52.1 Å². The van der Waals surface area contributed by atoms with E-state index < -0.39 is 0 Å². The Morgan fingerprint density at radius 1 is 1.26 bits per heavy atom. The number of carbonyl (C=O) groups is 1. The molecule has 0 aromatic carbocycles. The van der Waals surface area contributed by atoms with Gasteiger partial charge < -0.3 is 14.2 Å². The molecule has 2 aromatic heterocycles. The van der Waals surface area contributed by atoms with E-state index in [9.17, 15) is 4.79 Å². The molecular formula is C11H12ClN5O2. The summed E-state index contributed by atoms with van der Waals surface area (Å²) in [5.41, 5.74) is 1.15. The summed E-state index contributed by atoms with van der Waals surface area (Å²) in [6.07, 6.45) is 0.693. The molecule has 0 unspecified atom stereocenters. The number of morpholine rings is 1. The highest BCUT2D eigenvalue weighted by Crippen LogP contribution is 2.26. The van der Waals surface area contributed by atoms with Crippen LogP contribution in [0.2, 0.25) is 5.28 Å². The number of halogens is 1. The molecule has 100 valence electrons. The number of imidazole rings is 1. The third kappa shape index (κ3) is 2.04. The smallest absolute Gasteiger partial charge is 0.226 e. The second kappa shape index (κ2) is 4.75. The standard InChI is InChI=1S/C11H12ClN5O2/c1-16-7(6-18)13-9-8(16)10(15-11(12)14-9)17-2-4-19-5-3-17/h6H,2-5H2,1H3. The first-order valence-electron chi connectivity index (χ1n) is 5.88. The largest absolute Gasteiger partial charge is 0.378 e. The number of rotatable bonds is 2. The van der Waals surface area contributed by atoms with Crippen LogP contribution in [0.4, 0.5) is 5.82 Å². The van der Waals surface area contributed by atoms with E-state index in [2.05, 4.69) is 19.9 Å². The molecule has 0 spiro atoms. The second-order valence-corrected chi connectivity index (χ2v) is 4.57. The van der Waals surface area contributed by atoms with E-state index in [0.29, 0.717) is 42.3 Å². The molecule has 0 radical (unpaired) electrons. The Morgan fingerprint density at radius 3 is 2.68 bits per heavy atom. The van der Waals surface area contributed by atoms with Crippen molar-refractivity contribution in [3.63, 3.8) is 0 Å². The molecule has 19 heavy (non-hydrogen) atoms. The highest BCUT2D eigenvalue weighted by molar-refractivity contribution is 6.28. The lowest BCUT2D eigenvalue weighted by Crippen LogP contribution is -2.37. The van der Waals surface area contributed by atoms with Crippen LogP contribution in [0.3, 0.4) is 0 Å². The first-order valence-corrected chi connectivity index (χ1v) is 6.26. The number of fused-ring (bicyclic) bond motifs is 1. The third-order valence-corrected chi connectivity index (χ3v) is 3.30. The van der Waals surface area contributed by atoms with Crippen molar-refractivity contribution in [2.45, 2.75) is 0 Å². The number of nitrogens with zero attached hydrogens (tertiary/aromatic N) is 5. The lowest BCUT2D eigenvalue weighted by molar-refractivity contribution is 0.111. The highest BCUT2D eigenvalue weighted by atomic mass is 35.5. The van der Waals surface area contributed by atoms with Gasteiger partial charge in [0.25, 0.3) is 0 Å². The van der Waals surface area contributed by atoms with E-state index in [0.717, 1.165) is 13.1 Å². The minimum absolute atomic E-state index is 0.129. The number of anilines is 1. The predicted octanol–water partition coefficient (Wildman–Crippen LogP) is 0.666. The van der Waals surface area contributed by atoms with Crippen molar-refractivity contribution in [2.24, 2.45) is 7.05 Å². The molecule has 1 aliphatic heterocycles. The fourth-order valence-corrected chi connectivity index (χ4v) is 2.34. The maximum atomic E-state index is 11.0. The zero-order valence-corrected chi connectivity index (χ0v) is 11.1. The monoisotopic (exact) mass is 281 g/mol. The van der Waals surface area contributed by atoms with Crippen molar-refractivity contribution in [2.75, 3.05) is 31.2 Å². The van der Waals surface area contributed by atoms with Crippen molar-refractivity contribution in [1.29, 1.82) is 0 Å². The zero-order chi connectivity index (χ0) is 13.4. The van der Waals surface area contributed by atoms with Crippen molar-refractivity contribution >= 4 is 34.9 Å². The quantitative estimate of drug-likeness (QED) is 0.595. The third-order valence-electron chi connectivity index (χ3n) is 3.14. The van der Waals surface area contributed by atoms with E-state index in [4.69, 9.17) is 16.3 Å². The van der Waals surface area contributed by atoms with Gasteiger partial charge in [0.05, 0.1) is 13.2 Å². The minimum Gasteiger partial charge on any atom is -0.378 e. The van der Waals surface area contributed by atoms with E-state index in [1.54, 1.807) is 11.6 Å². The molecule has 2 aromatic rings. The van der Waals surface area contributed by atoms with Gasteiger partial charge >= 0.3 is 0 Å². The van der Waals surface area contributed by atoms with Crippen LogP contribution in [0, 0.1) is 0 Å². The molecule has 7 nitrogen and oxygen atoms in total. The van der Waals surface area contributed by atoms with Gasteiger partial charge in [-0.15, -0.1) is 0 Å². The summed E-state index contributed by atoms with van der Waals surface area (Å²) in [4.78, 5) is 25.5. The molecule has 1 fully saturated rings. The fourth-order valence-electron chi connectivity index (χ4n) is 2.18. The number of aldehydes is 1. The number of hydrogen-bond donors (Lipinski definition) is 0. The van der Waals surface area contributed by atoms with Gasteiger partial charge in [-0.25, -0.2) is 4.98 Å². The molecule has 1 saturated heterocycles. The lowest BCUT2D eigenvalue weighted by Gasteiger charge is -2.28. The van der Waals surface area contributed by atoms with Gasteiger partial charge in [-0.1, -0.05) is 0 Å². The minimum atomic E-state index is 0.129. The molecule has 3 rings (SSSR count). The van der Waals surface area contributed by atoms with Gasteiger partial charge in [0, 0.05) is 20.1 Å². The molecule has 3 heterocycles. The first kappa shape index (κ1) is 12.3. The summed E-state index contributed by atoms with van der Waals surface area (Å²) in [6.45, 7) is 2.73. The van der Waals surface area contributed by atoms with Gasteiger partial charge in [-0.3, -0.25) is 4.79 Å². The molecule has 0 bridgehead atoms. The predicted molar refractivity (Wildman–Crippen MR) is 69.7 cm³/mol.